The number of methoxy groups -OCH3 is 6. The Hall–Kier alpha value is -10.1. The zero-order valence-electron chi connectivity index (χ0n) is 46.8. The fourth-order valence-corrected chi connectivity index (χ4v) is 12.5. The highest BCUT2D eigenvalue weighted by atomic mass is 16.5. The molecule has 402 valence electrons. The quantitative estimate of drug-likeness (QED) is 0.151. The van der Waals surface area contributed by atoms with Gasteiger partial charge in [0.15, 0.2) is 33.6 Å². The van der Waals surface area contributed by atoms with Gasteiger partial charge in [-0.15, -0.1) is 0 Å². The molecule has 9 aromatic rings. The maximum Gasteiger partial charge on any atom is 0.180 e. The smallest absolute Gasteiger partial charge is 0.180 e. The molecule has 0 amide bonds. The summed E-state index contributed by atoms with van der Waals surface area (Å²) in [7, 11) is 9.99. The van der Waals surface area contributed by atoms with Crippen molar-refractivity contribution in [3.63, 3.8) is 0 Å². The van der Waals surface area contributed by atoms with Gasteiger partial charge in [-0.2, -0.15) is 0 Å². The number of nitrogens with zero attached hydrogens (tertiary/aromatic N) is 3. The molecular formula is C75H51N3O6. The van der Waals surface area contributed by atoms with Crippen molar-refractivity contribution in [2.45, 2.75) is 33.6 Å². The minimum Gasteiger partial charge on any atom is -0.357 e. The summed E-state index contributed by atoms with van der Waals surface area (Å²) >= 11 is 0. The molecule has 7 aliphatic rings. The van der Waals surface area contributed by atoms with Crippen molar-refractivity contribution in [2.24, 2.45) is 0 Å². The van der Waals surface area contributed by atoms with E-state index in [9.17, 15) is 0 Å². The molecule has 0 fully saturated rings. The minimum atomic E-state index is -1.28. The van der Waals surface area contributed by atoms with Gasteiger partial charge < -0.3 is 28.4 Å². The summed E-state index contributed by atoms with van der Waals surface area (Å²) < 4.78 is 39.8. The Morgan fingerprint density at radius 2 is 0.333 bits per heavy atom. The number of ether oxygens (including phenoxy) is 6. The molecule has 0 saturated carbocycles. The summed E-state index contributed by atoms with van der Waals surface area (Å²) in [6, 6.07) is 64.6. The third kappa shape index (κ3) is 8.05. The van der Waals surface area contributed by atoms with Gasteiger partial charge in [0.1, 0.15) is 34.2 Å². The van der Waals surface area contributed by atoms with Crippen LogP contribution in [0.1, 0.15) is 101 Å². The van der Waals surface area contributed by atoms with E-state index in [1.807, 2.05) is 200 Å². The average Bonchev–Trinajstić information content (AvgIpc) is 0.847. The molecule has 3 aromatic heterocycles. The van der Waals surface area contributed by atoms with Crippen molar-refractivity contribution in [1.29, 1.82) is 0 Å². The van der Waals surface area contributed by atoms with Gasteiger partial charge in [0.2, 0.25) is 0 Å². The van der Waals surface area contributed by atoms with E-state index in [1.165, 1.54) is 0 Å². The summed E-state index contributed by atoms with van der Waals surface area (Å²) in [5.41, 5.74) is 4.39. The van der Waals surface area contributed by atoms with E-state index < -0.39 is 33.6 Å². The molecule has 16 rings (SSSR count). The van der Waals surface area contributed by atoms with Crippen LogP contribution in [0.2, 0.25) is 0 Å². The van der Waals surface area contributed by atoms with E-state index in [-0.39, 0.29) is 0 Å². The standard InChI is InChI=1S/C75H51N3O6/c1-79-70-46-40-52-22-19-23-53(76-52)42-48-72(81-3)62-32-11-13-34-64(62)74(83-5,65-35-14-12-33-63(65)72)50-44-56-26-21-27-57(78-56)45-51-75(84-6)68-38-17-15-36-66(68)73(82-4,67-37-16-18-39-69(67)75)49-43-55-25-20-24-54(77-55)41-47-71(80-2,60-30-9-7-28-58(60)70)61-31-10-8-29-59(61)70/h7-39H,1-6H3. The molecule has 4 aliphatic heterocycles. The molecule has 0 unspecified atom stereocenters. The second-order valence-corrected chi connectivity index (χ2v) is 20.3. The Balaban J connectivity index is 1.05. The van der Waals surface area contributed by atoms with E-state index in [0.29, 0.717) is 34.2 Å². The predicted molar refractivity (Wildman–Crippen MR) is 319 cm³/mol. The van der Waals surface area contributed by atoms with Crippen molar-refractivity contribution < 1.29 is 28.4 Å². The first-order valence-corrected chi connectivity index (χ1v) is 27.2. The van der Waals surface area contributed by atoms with Crippen LogP contribution in [0.25, 0.3) is 0 Å². The van der Waals surface area contributed by atoms with Crippen molar-refractivity contribution in [2.75, 3.05) is 42.7 Å². The van der Waals surface area contributed by atoms with Crippen LogP contribution in [0, 0.1) is 71.0 Å². The van der Waals surface area contributed by atoms with Crippen molar-refractivity contribution >= 4 is 0 Å². The summed E-state index contributed by atoms with van der Waals surface area (Å²) in [4.78, 5) is 15.1. The van der Waals surface area contributed by atoms with Crippen molar-refractivity contribution in [3.8, 4) is 71.0 Å². The molecule has 0 atom stereocenters. The molecular weight excluding hydrogens is 1040 g/mol. The number of benzene rings is 6. The predicted octanol–water partition coefficient (Wildman–Crippen LogP) is 10.8. The maximum absolute atomic E-state index is 6.63. The van der Waals surface area contributed by atoms with E-state index in [1.54, 1.807) is 42.7 Å². The molecule has 7 heterocycles. The van der Waals surface area contributed by atoms with Crippen LogP contribution in [0.5, 0.6) is 0 Å². The Morgan fingerprint density at radius 1 is 0.202 bits per heavy atom. The second kappa shape index (κ2) is 21.0. The van der Waals surface area contributed by atoms with Gasteiger partial charge in [-0.05, 0) is 71.9 Å². The van der Waals surface area contributed by atoms with E-state index in [0.717, 1.165) is 66.8 Å². The fraction of sp³-hybridized carbons (Fsp3) is 0.160. The van der Waals surface area contributed by atoms with Crippen LogP contribution in [-0.2, 0) is 62.0 Å². The first kappa shape index (κ1) is 53.2. The molecule has 3 aliphatic carbocycles. The normalized spacial score (nSPS) is 23.2. The molecule has 0 saturated heterocycles. The molecule has 0 spiro atoms. The molecule has 84 heavy (non-hydrogen) atoms. The van der Waals surface area contributed by atoms with Crippen LogP contribution < -0.4 is 0 Å². The zero-order chi connectivity index (χ0) is 57.6. The van der Waals surface area contributed by atoms with Gasteiger partial charge in [-0.3, -0.25) is 0 Å². The highest BCUT2D eigenvalue weighted by molar-refractivity contribution is 5.69. The number of hydrogen-bond acceptors (Lipinski definition) is 9. The first-order valence-electron chi connectivity index (χ1n) is 27.2. The monoisotopic (exact) mass is 1090 g/mol. The highest BCUT2D eigenvalue weighted by Crippen LogP contribution is 2.54. The molecule has 12 bridgehead atoms. The Bertz CT molecular complexity index is 3710. The topological polar surface area (TPSA) is 94.1 Å². The van der Waals surface area contributed by atoms with Crippen LogP contribution in [0.4, 0.5) is 0 Å². The summed E-state index contributed by atoms with van der Waals surface area (Å²) in [6.45, 7) is 0. The van der Waals surface area contributed by atoms with Crippen molar-refractivity contribution in [1.82, 2.24) is 15.0 Å². The minimum absolute atomic E-state index is 0.483. The third-order valence-corrected chi connectivity index (χ3v) is 16.4. The molecule has 9 nitrogen and oxygen atoms in total. The Labute approximate surface area is 489 Å². The van der Waals surface area contributed by atoms with Crippen molar-refractivity contribution in [3.05, 3.63) is 301 Å². The largest absolute Gasteiger partial charge is 0.357 e. The molecule has 0 radical (unpaired) electrons. The van der Waals surface area contributed by atoms with Crippen LogP contribution >= 0.6 is 0 Å². The Morgan fingerprint density at radius 3 is 0.452 bits per heavy atom. The van der Waals surface area contributed by atoms with Gasteiger partial charge in [-0.25, -0.2) is 15.0 Å². The third-order valence-electron chi connectivity index (χ3n) is 16.4. The van der Waals surface area contributed by atoms with E-state index in [2.05, 4.69) is 71.0 Å². The summed E-state index contributed by atoms with van der Waals surface area (Å²) in [6.07, 6.45) is 0. The number of rotatable bonds is 6. The first-order chi connectivity index (χ1) is 41.2. The van der Waals surface area contributed by atoms with Gasteiger partial charge in [0.05, 0.1) is 0 Å². The average molecular weight is 1090 g/mol. The zero-order valence-corrected chi connectivity index (χ0v) is 46.8. The van der Waals surface area contributed by atoms with Gasteiger partial charge in [0.25, 0.3) is 0 Å². The lowest BCUT2D eigenvalue weighted by Crippen LogP contribution is -2.43. The lowest BCUT2D eigenvalue weighted by atomic mass is 9.67. The summed E-state index contributed by atoms with van der Waals surface area (Å²) in [5, 5.41) is 0. The SMILES string of the molecule is COC12C#Cc3cccc(n3)C#CC3(OC)c4ccccc4C(OC)(C#Cc4cccc(n4)C#CC4(OC)c5ccccc5C(OC)(C#Cc5cccc(n5)C#CC(OC)(c5ccccc51)c1ccccc12)c1ccccc14)c1ccccc13. The number of aromatic nitrogens is 3. The van der Waals surface area contributed by atoms with E-state index >= 15 is 0 Å². The lowest BCUT2D eigenvalue weighted by molar-refractivity contribution is 0.0329. The van der Waals surface area contributed by atoms with Crippen LogP contribution in [-0.4, -0.2) is 57.6 Å². The van der Waals surface area contributed by atoms with E-state index in [4.69, 9.17) is 43.4 Å². The second-order valence-electron chi connectivity index (χ2n) is 20.3. The molecule has 6 aromatic carbocycles. The fourth-order valence-electron chi connectivity index (χ4n) is 12.5. The molecule has 0 N–H and O–H groups in total. The maximum atomic E-state index is 6.63. The van der Waals surface area contributed by atoms with Gasteiger partial charge >= 0.3 is 0 Å². The molecule has 9 heteroatoms. The number of hydrogen-bond donors (Lipinski definition) is 0. The highest BCUT2D eigenvalue weighted by Gasteiger charge is 2.53. The van der Waals surface area contributed by atoms with Crippen LogP contribution in [0.3, 0.4) is 0 Å². The van der Waals surface area contributed by atoms with Gasteiger partial charge in [0, 0.05) is 109 Å². The van der Waals surface area contributed by atoms with Gasteiger partial charge in [-0.1, -0.05) is 199 Å². The lowest BCUT2D eigenvalue weighted by Gasteiger charge is -2.43. The summed E-state index contributed by atoms with van der Waals surface area (Å²) in [5.74, 6) is 41.7. The Kier molecular flexibility index (Phi) is 13.3. The van der Waals surface area contributed by atoms with Crippen LogP contribution in [0.15, 0.2) is 200 Å². The number of pyridine rings is 3.